The predicted octanol–water partition coefficient (Wildman–Crippen LogP) is -0.392. The third-order valence-corrected chi connectivity index (χ3v) is 6.81. The molecule has 0 aromatic carbocycles. The Labute approximate surface area is 136 Å². The molecule has 8 nitrogen and oxygen atoms in total. The number of nitrogens with zero attached hydrogens (tertiary/aromatic N) is 2. The highest BCUT2D eigenvalue weighted by Gasteiger charge is 2.55. The van der Waals surface area contributed by atoms with Gasteiger partial charge in [-0.2, -0.15) is 0 Å². The zero-order valence-corrected chi connectivity index (χ0v) is 14.3. The van der Waals surface area contributed by atoms with Gasteiger partial charge in [0.05, 0.1) is 12.0 Å². The quantitative estimate of drug-likeness (QED) is 0.701. The molecule has 0 saturated carbocycles. The Kier molecular flexibility index (Phi) is 5.32. The van der Waals surface area contributed by atoms with Crippen LogP contribution in [0.1, 0.15) is 20.3 Å². The lowest BCUT2D eigenvalue weighted by molar-refractivity contribution is -0.157. The molecule has 0 unspecified atom stereocenters. The lowest BCUT2D eigenvalue weighted by Crippen LogP contribution is -2.45. The van der Waals surface area contributed by atoms with Crippen molar-refractivity contribution in [1.29, 1.82) is 0 Å². The number of likely N-dealkylation sites (tertiary alicyclic amines) is 1. The Bertz CT molecular complexity index is 574. The highest BCUT2D eigenvalue weighted by Crippen LogP contribution is 2.42. The summed E-state index contributed by atoms with van der Waals surface area (Å²) in [7, 11) is -3.67. The summed E-state index contributed by atoms with van der Waals surface area (Å²) in [5.74, 6) is -2.37. The van der Waals surface area contributed by atoms with Crippen LogP contribution in [0.4, 0.5) is 0 Å². The first-order valence-corrected chi connectivity index (χ1v) is 9.44. The Balaban J connectivity index is 2.11. The normalized spacial score (nSPS) is 28.0. The molecule has 23 heavy (non-hydrogen) atoms. The molecule has 2 rings (SSSR count). The second-order valence-electron chi connectivity index (χ2n) is 6.10. The second-order valence-corrected chi connectivity index (χ2v) is 8.07. The number of fused-ring (bicyclic) bond motifs is 1. The summed E-state index contributed by atoms with van der Waals surface area (Å²) in [4.78, 5) is 25.5. The lowest BCUT2D eigenvalue weighted by atomic mass is 9.74. The van der Waals surface area contributed by atoms with Crippen LogP contribution in [0.3, 0.4) is 0 Å². The molecule has 0 bridgehead atoms. The number of carbonyl (C=O) groups excluding carboxylic acids is 1. The van der Waals surface area contributed by atoms with Crippen LogP contribution in [0.5, 0.6) is 0 Å². The number of sulfonamides is 1. The Morgan fingerprint density at radius 3 is 2.52 bits per heavy atom. The van der Waals surface area contributed by atoms with Crippen LogP contribution in [0.2, 0.25) is 0 Å². The molecule has 132 valence electrons. The van der Waals surface area contributed by atoms with Gasteiger partial charge in [0, 0.05) is 38.7 Å². The number of amides is 1. The first-order chi connectivity index (χ1) is 10.8. The molecule has 2 aliphatic rings. The number of hydrogen-bond donors (Lipinski definition) is 1. The van der Waals surface area contributed by atoms with Crippen LogP contribution in [0.25, 0.3) is 0 Å². The molecule has 1 amide bonds. The van der Waals surface area contributed by atoms with E-state index < -0.39 is 33.1 Å². The van der Waals surface area contributed by atoms with Gasteiger partial charge in [0.25, 0.3) is 0 Å². The van der Waals surface area contributed by atoms with E-state index in [0.717, 1.165) is 0 Å². The van der Waals surface area contributed by atoms with Crippen molar-refractivity contribution in [3.05, 3.63) is 0 Å². The van der Waals surface area contributed by atoms with E-state index in [9.17, 15) is 23.1 Å². The number of carboxylic acid groups (broad SMARTS) is 1. The number of carbonyl (C=O) groups is 2. The Morgan fingerprint density at radius 1 is 1.35 bits per heavy atom. The second kappa shape index (κ2) is 6.74. The van der Waals surface area contributed by atoms with E-state index in [1.165, 1.54) is 9.21 Å². The smallest absolute Gasteiger partial charge is 0.311 e. The van der Waals surface area contributed by atoms with Crippen molar-refractivity contribution >= 4 is 21.9 Å². The van der Waals surface area contributed by atoms with E-state index >= 15 is 0 Å². The van der Waals surface area contributed by atoms with Gasteiger partial charge in [0.2, 0.25) is 15.9 Å². The van der Waals surface area contributed by atoms with Crippen molar-refractivity contribution in [3.8, 4) is 0 Å². The van der Waals surface area contributed by atoms with Gasteiger partial charge in [-0.15, -0.1) is 0 Å². The molecular weight excluding hydrogens is 324 g/mol. The van der Waals surface area contributed by atoms with Crippen LogP contribution < -0.4 is 0 Å². The van der Waals surface area contributed by atoms with Gasteiger partial charge >= 0.3 is 5.97 Å². The van der Waals surface area contributed by atoms with Crippen molar-refractivity contribution < 1.29 is 27.9 Å². The van der Waals surface area contributed by atoms with Crippen LogP contribution >= 0.6 is 0 Å². The van der Waals surface area contributed by atoms with Gasteiger partial charge in [-0.25, -0.2) is 12.7 Å². The summed E-state index contributed by atoms with van der Waals surface area (Å²) in [6.07, 6.45) is 0.347. The van der Waals surface area contributed by atoms with Gasteiger partial charge in [-0.1, -0.05) is 13.8 Å². The van der Waals surface area contributed by atoms with E-state index in [-0.39, 0.29) is 19.0 Å². The molecule has 9 heteroatoms. The van der Waals surface area contributed by atoms with Crippen molar-refractivity contribution in [3.63, 3.8) is 0 Å². The molecule has 2 saturated heterocycles. The topological polar surface area (TPSA) is 104 Å². The minimum Gasteiger partial charge on any atom is -0.481 e. The molecule has 0 spiro atoms. The fourth-order valence-electron chi connectivity index (χ4n) is 3.45. The molecule has 0 radical (unpaired) electrons. The molecule has 2 fully saturated rings. The minimum atomic E-state index is -3.67. The van der Waals surface area contributed by atoms with E-state index in [1.54, 1.807) is 13.8 Å². The largest absolute Gasteiger partial charge is 0.481 e. The highest BCUT2D eigenvalue weighted by molar-refractivity contribution is 7.89. The zero-order chi connectivity index (χ0) is 17.3. The number of ether oxygens (including phenoxy) is 1. The summed E-state index contributed by atoms with van der Waals surface area (Å²) in [6.45, 7) is 4.98. The van der Waals surface area contributed by atoms with Crippen molar-refractivity contribution in [2.45, 2.75) is 20.3 Å². The van der Waals surface area contributed by atoms with E-state index in [1.807, 2.05) is 0 Å². The van der Waals surface area contributed by atoms with Crippen LogP contribution in [0.15, 0.2) is 0 Å². The molecular formula is C14H24N2O6S. The van der Waals surface area contributed by atoms with E-state index in [0.29, 0.717) is 32.7 Å². The SMILES string of the molecule is CCN(CC)S(=O)(=O)CC(=O)N1C[C@H]2COCC[C@@]2(C(=O)O)C1. The molecule has 2 heterocycles. The Morgan fingerprint density at radius 2 is 2.00 bits per heavy atom. The molecule has 2 aliphatic heterocycles. The fraction of sp³-hybridized carbons (Fsp3) is 0.857. The van der Waals surface area contributed by atoms with Gasteiger partial charge in [0.1, 0.15) is 5.75 Å². The summed E-state index contributed by atoms with van der Waals surface area (Å²) in [5.41, 5.74) is -1.01. The molecule has 0 aromatic heterocycles. The molecule has 0 aliphatic carbocycles. The Hall–Kier alpha value is -1.19. The number of rotatable bonds is 6. The van der Waals surface area contributed by atoms with Crippen molar-refractivity contribution in [1.82, 2.24) is 9.21 Å². The van der Waals surface area contributed by atoms with Gasteiger partial charge in [0.15, 0.2) is 0 Å². The monoisotopic (exact) mass is 348 g/mol. The average Bonchev–Trinajstić information content (AvgIpc) is 2.88. The van der Waals surface area contributed by atoms with Crippen LogP contribution in [-0.2, 0) is 24.3 Å². The third kappa shape index (κ3) is 3.36. The number of aliphatic carboxylic acids is 1. The van der Waals surface area contributed by atoms with Gasteiger partial charge in [-0.05, 0) is 6.42 Å². The van der Waals surface area contributed by atoms with Crippen molar-refractivity contribution in [2.24, 2.45) is 11.3 Å². The molecule has 2 atom stereocenters. The van der Waals surface area contributed by atoms with Crippen molar-refractivity contribution in [2.75, 3.05) is 45.1 Å². The fourth-order valence-corrected chi connectivity index (χ4v) is 4.91. The summed E-state index contributed by atoms with van der Waals surface area (Å²) >= 11 is 0. The highest BCUT2D eigenvalue weighted by atomic mass is 32.2. The maximum atomic E-state index is 12.4. The van der Waals surface area contributed by atoms with E-state index in [4.69, 9.17) is 4.74 Å². The maximum Gasteiger partial charge on any atom is 0.311 e. The first kappa shape index (κ1) is 18.2. The van der Waals surface area contributed by atoms with Gasteiger partial charge in [-0.3, -0.25) is 9.59 Å². The van der Waals surface area contributed by atoms with Crippen LogP contribution in [-0.4, -0.2) is 79.8 Å². The zero-order valence-electron chi connectivity index (χ0n) is 13.5. The first-order valence-electron chi connectivity index (χ1n) is 7.83. The summed E-state index contributed by atoms with van der Waals surface area (Å²) in [5, 5.41) is 9.58. The summed E-state index contributed by atoms with van der Waals surface area (Å²) < 4.78 is 31.0. The number of hydrogen-bond acceptors (Lipinski definition) is 5. The standard InChI is InChI=1S/C14H24N2O6S/c1-3-16(4-2)23(20,21)9-12(17)15-7-11-8-22-6-5-14(11,10-15)13(18)19/h11H,3-10H2,1-2H3,(H,18,19)/t11-,14+/m0/s1. The predicted molar refractivity (Wildman–Crippen MR) is 82.3 cm³/mol. The van der Waals surface area contributed by atoms with Crippen LogP contribution in [0, 0.1) is 11.3 Å². The third-order valence-electron chi connectivity index (χ3n) is 4.89. The minimum absolute atomic E-state index is 0.0585. The molecule has 0 aromatic rings. The lowest BCUT2D eigenvalue weighted by Gasteiger charge is -2.33. The summed E-state index contributed by atoms with van der Waals surface area (Å²) in [6, 6.07) is 0. The molecule has 1 N–H and O–H groups in total. The van der Waals surface area contributed by atoms with Gasteiger partial charge < -0.3 is 14.7 Å². The number of carboxylic acids is 1. The van der Waals surface area contributed by atoms with E-state index in [2.05, 4.69) is 0 Å². The average molecular weight is 348 g/mol. The maximum absolute atomic E-state index is 12.4.